The molecule has 1 heterocycles. The monoisotopic (exact) mass is 266 g/mol. The number of nitro benzene ring substituents is 1. The van der Waals surface area contributed by atoms with Crippen LogP contribution < -0.4 is 10.6 Å². The van der Waals surface area contributed by atoms with Gasteiger partial charge in [-0.3, -0.25) is 15.0 Å². The van der Waals surface area contributed by atoms with E-state index in [9.17, 15) is 14.9 Å². The van der Waals surface area contributed by atoms with E-state index in [1.807, 2.05) is 0 Å². The average Bonchev–Trinajstić information content (AvgIpc) is 2.71. The number of non-ortho nitro benzene ring substituents is 1. The number of anilines is 1. The minimum Gasteiger partial charge on any atom is -0.351 e. The second-order valence-electron chi connectivity index (χ2n) is 3.49. The zero-order chi connectivity index (χ0) is 13.3. The number of aromatic nitrogens is 1. The minimum absolute atomic E-state index is 0.000163. The van der Waals surface area contributed by atoms with Gasteiger partial charge < -0.3 is 5.73 Å². The van der Waals surface area contributed by atoms with Crippen molar-refractivity contribution in [1.29, 1.82) is 0 Å². The number of benzene rings is 1. The number of nitro groups is 1. The van der Waals surface area contributed by atoms with Crippen LogP contribution in [0.5, 0.6) is 0 Å². The second kappa shape index (κ2) is 4.57. The molecule has 2 amide bonds. The van der Waals surface area contributed by atoms with E-state index in [1.54, 1.807) is 13.0 Å². The van der Waals surface area contributed by atoms with Crippen LogP contribution in [0.1, 0.15) is 6.92 Å². The standard InChI is InChI=1S/C10H10N4O3S/c1-2-13(9(11)15)10-12-7-4-3-6(14(16)17)5-8(7)18-10/h3-5H,2H2,1H3,(H2,11,15). The molecule has 0 radical (unpaired) electrons. The lowest BCUT2D eigenvalue weighted by molar-refractivity contribution is -0.384. The minimum atomic E-state index is -0.592. The van der Waals surface area contributed by atoms with Crippen LogP contribution in [0, 0.1) is 10.1 Å². The molecule has 0 fully saturated rings. The highest BCUT2D eigenvalue weighted by Crippen LogP contribution is 2.31. The topological polar surface area (TPSA) is 102 Å². The number of rotatable bonds is 3. The number of thiazole rings is 1. The fourth-order valence-electron chi connectivity index (χ4n) is 1.52. The molecule has 0 saturated heterocycles. The summed E-state index contributed by atoms with van der Waals surface area (Å²) in [5.41, 5.74) is 5.84. The molecule has 0 saturated carbocycles. The zero-order valence-corrected chi connectivity index (χ0v) is 10.3. The number of carbonyl (C=O) groups excluding carboxylic acids is 1. The predicted octanol–water partition coefficient (Wildman–Crippen LogP) is 2.11. The third-order valence-electron chi connectivity index (χ3n) is 2.38. The number of nitrogens with two attached hydrogens (primary N) is 1. The van der Waals surface area contributed by atoms with Gasteiger partial charge in [0.1, 0.15) is 0 Å². The average molecular weight is 266 g/mol. The second-order valence-corrected chi connectivity index (χ2v) is 4.50. The van der Waals surface area contributed by atoms with Crippen molar-refractivity contribution in [2.75, 3.05) is 11.4 Å². The molecular weight excluding hydrogens is 256 g/mol. The van der Waals surface area contributed by atoms with Gasteiger partial charge in [0.25, 0.3) is 5.69 Å². The first-order valence-electron chi connectivity index (χ1n) is 5.15. The number of nitrogens with zero attached hydrogens (tertiary/aromatic N) is 3. The van der Waals surface area contributed by atoms with E-state index in [-0.39, 0.29) is 5.69 Å². The van der Waals surface area contributed by atoms with Crippen molar-refractivity contribution in [3.8, 4) is 0 Å². The summed E-state index contributed by atoms with van der Waals surface area (Å²) in [6.07, 6.45) is 0. The zero-order valence-electron chi connectivity index (χ0n) is 9.49. The normalized spacial score (nSPS) is 10.5. The van der Waals surface area contributed by atoms with Crippen molar-refractivity contribution >= 4 is 38.4 Å². The van der Waals surface area contributed by atoms with Crippen molar-refractivity contribution in [2.45, 2.75) is 6.92 Å². The Morgan fingerprint density at radius 3 is 2.89 bits per heavy atom. The van der Waals surface area contributed by atoms with Crippen molar-refractivity contribution in [1.82, 2.24) is 4.98 Å². The molecule has 1 aromatic heterocycles. The molecule has 0 aliphatic heterocycles. The van der Waals surface area contributed by atoms with Gasteiger partial charge in [0.15, 0.2) is 5.13 Å². The molecule has 2 aromatic rings. The summed E-state index contributed by atoms with van der Waals surface area (Å²) < 4.78 is 0.652. The Balaban J connectivity index is 2.50. The summed E-state index contributed by atoms with van der Waals surface area (Å²) >= 11 is 1.20. The Bertz CT molecular complexity index is 625. The number of amides is 2. The number of fused-ring (bicyclic) bond motifs is 1. The van der Waals surface area contributed by atoms with Crippen molar-refractivity contribution < 1.29 is 9.72 Å². The van der Waals surface area contributed by atoms with Crippen LogP contribution in [0.25, 0.3) is 10.2 Å². The first-order valence-corrected chi connectivity index (χ1v) is 5.96. The van der Waals surface area contributed by atoms with Crippen LogP contribution in [0.2, 0.25) is 0 Å². The van der Waals surface area contributed by atoms with Gasteiger partial charge in [-0.2, -0.15) is 0 Å². The summed E-state index contributed by atoms with van der Waals surface area (Å²) in [5.74, 6) is 0. The predicted molar refractivity (Wildman–Crippen MR) is 68.9 cm³/mol. The molecule has 8 heteroatoms. The Morgan fingerprint density at radius 2 is 2.33 bits per heavy atom. The maximum absolute atomic E-state index is 11.2. The highest BCUT2D eigenvalue weighted by molar-refractivity contribution is 7.22. The lowest BCUT2D eigenvalue weighted by Gasteiger charge is -2.13. The molecule has 0 spiro atoms. The highest BCUT2D eigenvalue weighted by atomic mass is 32.1. The molecule has 0 unspecified atom stereocenters. The first-order chi connectivity index (χ1) is 8.52. The molecule has 2 N–H and O–H groups in total. The molecule has 7 nitrogen and oxygen atoms in total. The largest absolute Gasteiger partial charge is 0.351 e. The number of primary amides is 1. The van der Waals surface area contributed by atoms with Gasteiger partial charge >= 0.3 is 6.03 Å². The van der Waals surface area contributed by atoms with Crippen LogP contribution in [-0.2, 0) is 0 Å². The van der Waals surface area contributed by atoms with Crippen LogP contribution in [-0.4, -0.2) is 22.5 Å². The summed E-state index contributed by atoms with van der Waals surface area (Å²) in [6, 6.07) is 3.78. The molecule has 18 heavy (non-hydrogen) atoms. The van der Waals surface area contributed by atoms with Crippen molar-refractivity contribution in [3.05, 3.63) is 28.3 Å². The fraction of sp³-hybridized carbons (Fsp3) is 0.200. The van der Waals surface area contributed by atoms with Gasteiger partial charge in [-0.25, -0.2) is 9.78 Å². The Labute approximate surface area is 106 Å². The maximum Gasteiger partial charge on any atom is 0.321 e. The van der Waals surface area contributed by atoms with Crippen LogP contribution in [0.15, 0.2) is 18.2 Å². The van der Waals surface area contributed by atoms with E-state index in [0.29, 0.717) is 21.9 Å². The van der Waals surface area contributed by atoms with E-state index < -0.39 is 11.0 Å². The Kier molecular flexibility index (Phi) is 3.11. The van der Waals surface area contributed by atoms with Gasteiger partial charge in [-0.1, -0.05) is 11.3 Å². The lowest BCUT2D eigenvalue weighted by Crippen LogP contribution is -2.35. The SMILES string of the molecule is CCN(C(N)=O)c1nc2ccc([N+](=O)[O-])cc2s1. The number of hydrogen-bond donors (Lipinski definition) is 1. The smallest absolute Gasteiger partial charge is 0.321 e. The quantitative estimate of drug-likeness (QED) is 0.678. The summed E-state index contributed by atoms with van der Waals surface area (Å²) in [7, 11) is 0. The summed E-state index contributed by atoms with van der Waals surface area (Å²) in [4.78, 5) is 26.9. The third-order valence-corrected chi connectivity index (χ3v) is 3.43. The molecule has 0 bridgehead atoms. The molecule has 1 aromatic carbocycles. The lowest BCUT2D eigenvalue weighted by atomic mass is 10.3. The Morgan fingerprint density at radius 1 is 1.61 bits per heavy atom. The van der Waals surface area contributed by atoms with Gasteiger partial charge in [0.05, 0.1) is 15.1 Å². The molecule has 2 rings (SSSR count). The van der Waals surface area contributed by atoms with Gasteiger partial charge in [0.2, 0.25) is 0 Å². The van der Waals surface area contributed by atoms with E-state index in [1.165, 1.54) is 28.4 Å². The van der Waals surface area contributed by atoms with E-state index in [4.69, 9.17) is 5.73 Å². The van der Waals surface area contributed by atoms with Gasteiger partial charge in [0, 0.05) is 18.7 Å². The summed E-state index contributed by atoms with van der Waals surface area (Å²) in [6.45, 7) is 2.18. The number of carbonyl (C=O) groups is 1. The number of urea groups is 1. The highest BCUT2D eigenvalue weighted by Gasteiger charge is 2.16. The molecular formula is C10H10N4O3S. The first kappa shape index (κ1) is 12.2. The molecule has 94 valence electrons. The summed E-state index contributed by atoms with van der Waals surface area (Å²) in [5, 5.41) is 11.1. The maximum atomic E-state index is 11.2. The van der Waals surface area contributed by atoms with Crippen LogP contribution >= 0.6 is 11.3 Å². The van der Waals surface area contributed by atoms with Gasteiger partial charge in [-0.05, 0) is 13.0 Å². The van der Waals surface area contributed by atoms with Crippen LogP contribution in [0.3, 0.4) is 0 Å². The van der Waals surface area contributed by atoms with Crippen molar-refractivity contribution in [3.63, 3.8) is 0 Å². The third kappa shape index (κ3) is 2.09. The fourth-order valence-corrected chi connectivity index (χ4v) is 2.58. The molecule has 0 atom stereocenters. The van der Waals surface area contributed by atoms with Crippen molar-refractivity contribution in [2.24, 2.45) is 5.73 Å². The Hall–Kier alpha value is -2.22. The van der Waals surface area contributed by atoms with E-state index in [0.717, 1.165) is 0 Å². The van der Waals surface area contributed by atoms with Crippen LogP contribution in [0.4, 0.5) is 15.6 Å². The molecule has 0 aliphatic carbocycles. The van der Waals surface area contributed by atoms with E-state index in [2.05, 4.69) is 4.98 Å². The number of hydrogen-bond acceptors (Lipinski definition) is 5. The molecule has 0 aliphatic rings. The van der Waals surface area contributed by atoms with Gasteiger partial charge in [-0.15, -0.1) is 0 Å². The van der Waals surface area contributed by atoms with E-state index >= 15 is 0 Å².